The zero-order valence-corrected chi connectivity index (χ0v) is 18.3. The number of benzene rings is 3. The first-order valence-electron chi connectivity index (χ1n) is 10.8. The molecule has 0 nitrogen and oxygen atoms in total. The van der Waals surface area contributed by atoms with E-state index in [0.29, 0.717) is 30.4 Å². The molecule has 0 aliphatic carbocycles. The highest BCUT2D eigenvalue weighted by atomic mass is 19.1. The Balaban J connectivity index is 1.68. The number of halogens is 4. The Bertz CT molecular complexity index is 1020. The molecule has 0 saturated carbocycles. The summed E-state index contributed by atoms with van der Waals surface area (Å²) >= 11 is 0. The van der Waals surface area contributed by atoms with Crippen LogP contribution in [0.15, 0.2) is 42.5 Å². The fourth-order valence-electron chi connectivity index (χ4n) is 3.86. The molecule has 164 valence electrons. The van der Waals surface area contributed by atoms with E-state index in [0.717, 1.165) is 18.4 Å². The molecule has 0 radical (unpaired) electrons. The SMILES string of the molecule is CCCc1cc(CCc2c(F)cc(CCc3cc(F)c(C)c(F)c3)cc2F)ccc1C. The van der Waals surface area contributed by atoms with E-state index in [4.69, 9.17) is 0 Å². The summed E-state index contributed by atoms with van der Waals surface area (Å²) in [5, 5.41) is 0. The van der Waals surface area contributed by atoms with Crippen molar-refractivity contribution in [3.8, 4) is 0 Å². The van der Waals surface area contributed by atoms with Gasteiger partial charge in [0.2, 0.25) is 0 Å². The summed E-state index contributed by atoms with van der Waals surface area (Å²) in [4.78, 5) is 0. The molecule has 0 heterocycles. The predicted octanol–water partition coefficient (Wildman–Crippen LogP) is 7.38. The molecule has 31 heavy (non-hydrogen) atoms. The Morgan fingerprint density at radius 1 is 0.581 bits per heavy atom. The zero-order valence-electron chi connectivity index (χ0n) is 18.3. The lowest BCUT2D eigenvalue weighted by Crippen LogP contribution is -2.03. The molecule has 0 N–H and O–H groups in total. The van der Waals surface area contributed by atoms with Gasteiger partial charge in [-0.05, 0) is 98.0 Å². The molecule has 0 spiro atoms. The van der Waals surface area contributed by atoms with Crippen LogP contribution in [-0.4, -0.2) is 0 Å². The average Bonchev–Trinajstić information content (AvgIpc) is 2.72. The molecule has 0 amide bonds. The zero-order chi connectivity index (χ0) is 22.5. The first kappa shape index (κ1) is 23.1. The third-order valence-electron chi connectivity index (χ3n) is 5.84. The molecule has 0 fully saturated rings. The van der Waals surface area contributed by atoms with Gasteiger partial charge in [-0.15, -0.1) is 0 Å². The molecule has 3 aromatic rings. The van der Waals surface area contributed by atoms with E-state index >= 15 is 0 Å². The highest BCUT2D eigenvalue weighted by molar-refractivity contribution is 5.33. The van der Waals surface area contributed by atoms with E-state index in [9.17, 15) is 17.6 Å². The van der Waals surface area contributed by atoms with Crippen LogP contribution in [0.4, 0.5) is 17.6 Å². The van der Waals surface area contributed by atoms with Gasteiger partial charge in [0.15, 0.2) is 0 Å². The number of hydrogen-bond donors (Lipinski definition) is 0. The minimum Gasteiger partial charge on any atom is -0.207 e. The Kier molecular flexibility index (Phi) is 7.53. The fourth-order valence-corrected chi connectivity index (χ4v) is 3.86. The van der Waals surface area contributed by atoms with E-state index < -0.39 is 23.3 Å². The summed E-state index contributed by atoms with van der Waals surface area (Å²) in [5.41, 5.74) is 4.57. The van der Waals surface area contributed by atoms with Crippen LogP contribution in [0.3, 0.4) is 0 Å². The second kappa shape index (κ2) is 10.1. The van der Waals surface area contributed by atoms with E-state index in [2.05, 4.69) is 26.0 Å². The molecule has 4 heteroatoms. The molecular formula is C27H28F4. The van der Waals surface area contributed by atoms with Crippen molar-refractivity contribution in [3.63, 3.8) is 0 Å². The third-order valence-corrected chi connectivity index (χ3v) is 5.84. The summed E-state index contributed by atoms with van der Waals surface area (Å²) in [6, 6.07) is 11.4. The van der Waals surface area contributed by atoms with Gasteiger partial charge in [0, 0.05) is 11.1 Å². The first-order chi connectivity index (χ1) is 14.8. The second-order valence-corrected chi connectivity index (χ2v) is 8.23. The Morgan fingerprint density at radius 3 is 1.65 bits per heavy atom. The lowest BCUT2D eigenvalue weighted by atomic mass is 9.96. The molecule has 3 rings (SSSR count). The lowest BCUT2D eigenvalue weighted by Gasteiger charge is -2.11. The molecule has 0 saturated heterocycles. The second-order valence-electron chi connectivity index (χ2n) is 8.23. The summed E-state index contributed by atoms with van der Waals surface area (Å²) < 4.78 is 56.7. The smallest absolute Gasteiger partial charge is 0.129 e. The van der Waals surface area contributed by atoms with Crippen LogP contribution in [0.2, 0.25) is 0 Å². The summed E-state index contributed by atoms with van der Waals surface area (Å²) in [6.45, 7) is 5.58. The van der Waals surface area contributed by atoms with Gasteiger partial charge in [0.05, 0.1) is 0 Å². The summed E-state index contributed by atoms with van der Waals surface area (Å²) in [6.07, 6.45) is 3.49. The Morgan fingerprint density at radius 2 is 1.10 bits per heavy atom. The highest BCUT2D eigenvalue weighted by Gasteiger charge is 2.13. The molecule has 0 aliphatic rings. The topological polar surface area (TPSA) is 0 Å². The van der Waals surface area contributed by atoms with Gasteiger partial charge in [-0.2, -0.15) is 0 Å². The Labute approximate surface area is 181 Å². The van der Waals surface area contributed by atoms with Gasteiger partial charge in [-0.3, -0.25) is 0 Å². The maximum atomic E-state index is 14.6. The number of rotatable bonds is 8. The van der Waals surface area contributed by atoms with Crippen molar-refractivity contribution < 1.29 is 17.6 Å². The van der Waals surface area contributed by atoms with E-state index in [1.54, 1.807) is 0 Å². The van der Waals surface area contributed by atoms with Crippen molar-refractivity contribution in [2.75, 3.05) is 0 Å². The van der Waals surface area contributed by atoms with Gasteiger partial charge < -0.3 is 0 Å². The molecule has 0 aliphatic heterocycles. The van der Waals surface area contributed by atoms with Gasteiger partial charge in [0.25, 0.3) is 0 Å². The average molecular weight is 429 g/mol. The molecular weight excluding hydrogens is 400 g/mol. The van der Waals surface area contributed by atoms with Crippen molar-refractivity contribution in [3.05, 3.63) is 105 Å². The normalized spacial score (nSPS) is 11.2. The van der Waals surface area contributed by atoms with E-state index in [1.165, 1.54) is 42.3 Å². The van der Waals surface area contributed by atoms with Crippen LogP contribution in [0, 0.1) is 37.1 Å². The van der Waals surface area contributed by atoms with Gasteiger partial charge in [0.1, 0.15) is 23.3 Å². The summed E-state index contributed by atoms with van der Waals surface area (Å²) in [5.74, 6) is -2.36. The van der Waals surface area contributed by atoms with Crippen LogP contribution >= 0.6 is 0 Å². The largest absolute Gasteiger partial charge is 0.207 e. The van der Waals surface area contributed by atoms with Crippen molar-refractivity contribution in [1.82, 2.24) is 0 Å². The highest BCUT2D eigenvalue weighted by Crippen LogP contribution is 2.22. The summed E-state index contributed by atoms with van der Waals surface area (Å²) in [7, 11) is 0. The maximum absolute atomic E-state index is 14.6. The van der Waals surface area contributed by atoms with Crippen molar-refractivity contribution in [2.24, 2.45) is 0 Å². The maximum Gasteiger partial charge on any atom is 0.129 e. The molecule has 0 aromatic heterocycles. The molecule has 0 atom stereocenters. The lowest BCUT2D eigenvalue weighted by molar-refractivity contribution is 0.550. The minimum atomic E-state index is -0.610. The number of aryl methyl sites for hydroxylation is 5. The third kappa shape index (κ3) is 5.75. The van der Waals surface area contributed by atoms with Gasteiger partial charge >= 0.3 is 0 Å². The van der Waals surface area contributed by atoms with Crippen molar-refractivity contribution >= 4 is 0 Å². The van der Waals surface area contributed by atoms with Crippen LogP contribution in [0.5, 0.6) is 0 Å². The van der Waals surface area contributed by atoms with E-state index in [-0.39, 0.29) is 17.5 Å². The van der Waals surface area contributed by atoms with Crippen LogP contribution in [-0.2, 0) is 32.1 Å². The monoisotopic (exact) mass is 428 g/mol. The predicted molar refractivity (Wildman–Crippen MR) is 117 cm³/mol. The number of hydrogen-bond acceptors (Lipinski definition) is 0. The molecule has 3 aromatic carbocycles. The first-order valence-corrected chi connectivity index (χ1v) is 10.8. The van der Waals surface area contributed by atoms with Crippen LogP contribution in [0.1, 0.15) is 52.3 Å². The quantitative estimate of drug-likeness (QED) is 0.328. The molecule has 0 bridgehead atoms. The minimum absolute atomic E-state index is 0.0272. The van der Waals surface area contributed by atoms with Crippen LogP contribution in [0.25, 0.3) is 0 Å². The Hall–Kier alpha value is -2.62. The van der Waals surface area contributed by atoms with Gasteiger partial charge in [-0.25, -0.2) is 17.6 Å². The van der Waals surface area contributed by atoms with Crippen molar-refractivity contribution in [1.29, 1.82) is 0 Å². The fraction of sp³-hybridized carbons (Fsp3) is 0.333. The van der Waals surface area contributed by atoms with E-state index in [1.807, 2.05) is 6.07 Å². The van der Waals surface area contributed by atoms with Crippen molar-refractivity contribution in [2.45, 2.75) is 59.3 Å². The van der Waals surface area contributed by atoms with Gasteiger partial charge in [-0.1, -0.05) is 31.5 Å². The van der Waals surface area contributed by atoms with Crippen LogP contribution < -0.4 is 0 Å². The standard InChI is InChI=1S/C27H28F4/c1-4-5-22-12-19(7-6-17(22)2)10-11-23-26(30)15-21(16-27(23)31)9-8-20-13-24(28)18(3)25(29)14-20/h6-7,12-16H,4-5,8-11H2,1-3H3. The molecule has 0 unspecified atom stereocenters.